The molecule has 0 unspecified atom stereocenters. The van der Waals surface area contributed by atoms with Crippen molar-refractivity contribution in [2.24, 2.45) is 0 Å². The first-order valence-corrected chi connectivity index (χ1v) is 4.36. The van der Waals surface area contributed by atoms with Crippen LogP contribution >= 0.6 is 11.8 Å². The van der Waals surface area contributed by atoms with E-state index in [1.807, 2.05) is 17.8 Å². The first kappa shape index (κ1) is 10.2. The van der Waals surface area contributed by atoms with Crippen LogP contribution in [-0.2, 0) is 5.75 Å². The molecule has 0 fully saturated rings. The summed E-state index contributed by atoms with van der Waals surface area (Å²) in [6.45, 7) is 0. The second-order valence-electron chi connectivity index (χ2n) is 1.92. The fourth-order valence-electron chi connectivity index (χ4n) is 0.741. The van der Waals surface area contributed by atoms with E-state index >= 15 is 0 Å². The van der Waals surface area contributed by atoms with E-state index in [9.17, 15) is 0 Å². The van der Waals surface area contributed by atoms with Gasteiger partial charge in [0.25, 0.3) is 0 Å². The number of rotatable bonds is 2. The van der Waals surface area contributed by atoms with E-state index in [0.717, 1.165) is 5.75 Å². The van der Waals surface area contributed by atoms with Crippen LogP contribution in [0.15, 0.2) is 30.3 Å². The maximum absolute atomic E-state index is 2.15. The van der Waals surface area contributed by atoms with Gasteiger partial charge in [0.2, 0.25) is 0 Å². The second kappa shape index (κ2) is 5.92. The summed E-state index contributed by atoms with van der Waals surface area (Å²) in [6.07, 6.45) is 2.12. The molecular formula is C8H11LiS. The molecule has 1 aromatic rings. The van der Waals surface area contributed by atoms with E-state index in [4.69, 9.17) is 0 Å². The van der Waals surface area contributed by atoms with Crippen molar-refractivity contribution in [3.63, 3.8) is 0 Å². The molecule has 50 valence electrons. The summed E-state index contributed by atoms with van der Waals surface area (Å²) in [5, 5.41) is 0. The molecule has 1 rings (SSSR count). The van der Waals surface area contributed by atoms with Crippen molar-refractivity contribution in [3.8, 4) is 0 Å². The van der Waals surface area contributed by atoms with Crippen molar-refractivity contribution < 1.29 is 0 Å². The average molecular weight is 146 g/mol. The summed E-state index contributed by atoms with van der Waals surface area (Å²) in [7, 11) is 0. The van der Waals surface area contributed by atoms with Crippen molar-refractivity contribution in [2.45, 2.75) is 5.75 Å². The van der Waals surface area contributed by atoms with E-state index in [0.29, 0.717) is 0 Å². The monoisotopic (exact) mass is 146 g/mol. The molecule has 0 heterocycles. The normalized spacial score (nSPS) is 8.50. The van der Waals surface area contributed by atoms with Crippen molar-refractivity contribution in [3.05, 3.63) is 35.9 Å². The molecule has 1 aromatic carbocycles. The van der Waals surface area contributed by atoms with Crippen molar-refractivity contribution >= 4 is 30.6 Å². The summed E-state index contributed by atoms with van der Waals surface area (Å²) in [4.78, 5) is 0. The minimum absolute atomic E-state index is 0. The van der Waals surface area contributed by atoms with Gasteiger partial charge in [0.1, 0.15) is 0 Å². The molecule has 0 spiro atoms. The zero-order chi connectivity index (χ0) is 6.53. The molecule has 0 saturated carbocycles. The van der Waals surface area contributed by atoms with E-state index in [1.54, 1.807) is 0 Å². The Labute approximate surface area is 78.6 Å². The summed E-state index contributed by atoms with van der Waals surface area (Å²) >= 11 is 1.85. The Balaban J connectivity index is 0.000000810. The SMILES string of the molecule is CSCc1ccccc1.[LiH]. The van der Waals surface area contributed by atoms with Gasteiger partial charge in [0, 0.05) is 5.75 Å². The predicted molar refractivity (Wildman–Crippen MR) is 50.8 cm³/mol. The Bertz CT molecular complexity index is 162. The third kappa shape index (κ3) is 3.36. The van der Waals surface area contributed by atoms with Crippen molar-refractivity contribution in [1.82, 2.24) is 0 Å². The molecule has 2 heteroatoms. The molecule has 0 amide bonds. The molecule has 0 aliphatic heterocycles. The average Bonchev–Trinajstić information content (AvgIpc) is 1.91. The van der Waals surface area contributed by atoms with E-state index in [1.165, 1.54) is 5.56 Å². The van der Waals surface area contributed by atoms with E-state index in [-0.39, 0.29) is 18.9 Å². The number of hydrogen-bond acceptors (Lipinski definition) is 1. The number of hydrogen-bond donors (Lipinski definition) is 0. The Morgan fingerprint density at radius 2 is 1.80 bits per heavy atom. The second-order valence-corrected chi connectivity index (χ2v) is 2.78. The first-order chi connectivity index (χ1) is 4.43. The predicted octanol–water partition coefficient (Wildman–Crippen LogP) is 1.90. The molecule has 10 heavy (non-hydrogen) atoms. The van der Waals surface area contributed by atoms with Crippen LogP contribution in [0.5, 0.6) is 0 Å². The van der Waals surface area contributed by atoms with E-state index in [2.05, 4.69) is 30.5 Å². The molecule has 0 bridgehead atoms. The van der Waals surface area contributed by atoms with Crippen LogP contribution in [0.25, 0.3) is 0 Å². The topological polar surface area (TPSA) is 0 Å². The fraction of sp³-hybridized carbons (Fsp3) is 0.250. The molecular weight excluding hydrogens is 135 g/mol. The zero-order valence-corrected chi connectivity index (χ0v) is 6.32. The van der Waals surface area contributed by atoms with Gasteiger partial charge in [0.15, 0.2) is 0 Å². The van der Waals surface area contributed by atoms with Gasteiger partial charge in [-0.25, -0.2) is 0 Å². The number of thioether (sulfide) groups is 1. The summed E-state index contributed by atoms with van der Waals surface area (Å²) in [5.74, 6) is 1.13. The third-order valence-corrected chi connectivity index (χ3v) is 1.78. The molecule has 0 atom stereocenters. The Morgan fingerprint density at radius 3 is 2.30 bits per heavy atom. The Kier molecular flexibility index (Phi) is 6.01. The summed E-state index contributed by atoms with van der Waals surface area (Å²) in [6, 6.07) is 10.5. The standard InChI is InChI=1S/C8H10S.Li.H/c1-9-7-8-5-3-2-4-6-8;;/h2-6H,7H2,1H3;;. The Morgan fingerprint density at radius 1 is 1.20 bits per heavy atom. The van der Waals surface area contributed by atoms with Crippen LogP contribution < -0.4 is 0 Å². The van der Waals surface area contributed by atoms with Crippen LogP contribution in [0.1, 0.15) is 5.56 Å². The molecule has 0 N–H and O–H groups in total. The van der Waals surface area contributed by atoms with Crippen LogP contribution in [0.2, 0.25) is 0 Å². The van der Waals surface area contributed by atoms with Crippen LogP contribution in [0, 0.1) is 0 Å². The summed E-state index contributed by atoms with van der Waals surface area (Å²) < 4.78 is 0. The molecule has 0 nitrogen and oxygen atoms in total. The molecule has 0 aliphatic carbocycles. The van der Waals surface area contributed by atoms with Gasteiger partial charge < -0.3 is 0 Å². The van der Waals surface area contributed by atoms with Gasteiger partial charge in [0.05, 0.1) is 0 Å². The minimum atomic E-state index is 0. The van der Waals surface area contributed by atoms with Gasteiger partial charge in [-0.05, 0) is 11.8 Å². The summed E-state index contributed by atoms with van der Waals surface area (Å²) in [5.41, 5.74) is 1.41. The molecule has 0 aliphatic rings. The van der Waals surface area contributed by atoms with Gasteiger partial charge in [-0.1, -0.05) is 30.3 Å². The molecule has 0 saturated heterocycles. The zero-order valence-electron chi connectivity index (χ0n) is 5.50. The van der Waals surface area contributed by atoms with Gasteiger partial charge >= 0.3 is 18.9 Å². The van der Waals surface area contributed by atoms with Crippen molar-refractivity contribution in [2.75, 3.05) is 6.26 Å². The fourth-order valence-corrected chi connectivity index (χ4v) is 1.27. The molecule has 0 aromatic heterocycles. The van der Waals surface area contributed by atoms with Crippen LogP contribution in [0.3, 0.4) is 0 Å². The van der Waals surface area contributed by atoms with Gasteiger partial charge in [-0.15, -0.1) is 0 Å². The quantitative estimate of drug-likeness (QED) is 0.574. The van der Waals surface area contributed by atoms with Crippen LogP contribution in [-0.4, -0.2) is 25.1 Å². The van der Waals surface area contributed by atoms with Crippen LogP contribution in [0.4, 0.5) is 0 Å². The molecule has 0 radical (unpaired) electrons. The maximum atomic E-state index is 2.15. The van der Waals surface area contributed by atoms with Gasteiger partial charge in [-0.3, -0.25) is 0 Å². The Hall–Kier alpha value is 0.167. The first-order valence-electron chi connectivity index (χ1n) is 2.96. The van der Waals surface area contributed by atoms with Crippen molar-refractivity contribution in [1.29, 1.82) is 0 Å². The number of benzene rings is 1. The van der Waals surface area contributed by atoms with Gasteiger partial charge in [-0.2, -0.15) is 11.8 Å². The third-order valence-electron chi connectivity index (χ3n) is 1.15. The van der Waals surface area contributed by atoms with E-state index < -0.39 is 0 Å².